The Bertz CT molecular complexity index is 858. The molecule has 0 bridgehead atoms. The number of nitrogens with one attached hydrogen (secondary N) is 1. The number of halogens is 3. The predicted molar refractivity (Wildman–Crippen MR) is 92.0 cm³/mol. The van der Waals surface area contributed by atoms with Crippen LogP contribution in [0.4, 0.5) is 10.3 Å². The highest BCUT2D eigenvalue weighted by Crippen LogP contribution is 2.40. The molecule has 2 heterocycles. The summed E-state index contributed by atoms with van der Waals surface area (Å²) in [6.07, 6.45) is 2.05. The molecule has 0 saturated heterocycles. The van der Waals surface area contributed by atoms with Crippen molar-refractivity contribution in [3.05, 3.63) is 75.8 Å². The van der Waals surface area contributed by atoms with Crippen LogP contribution in [0.3, 0.4) is 0 Å². The molecule has 2 aromatic carbocycles. The second-order valence-electron chi connectivity index (χ2n) is 5.66. The van der Waals surface area contributed by atoms with E-state index in [1.54, 1.807) is 16.8 Å². The third-order valence-electron chi connectivity index (χ3n) is 4.24. The monoisotopic (exact) mass is 362 g/mol. The van der Waals surface area contributed by atoms with E-state index in [0.717, 1.165) is 5.56 Å². The van der Waals surface area contributed by atoms with Crippen molar-refractivity contribution in [2.45, 2.75) is 18.5 Å². The van der Waals surface area contributed by atoms with Crippen molar-refractivity contribution in [3.63, 3.8) is 0 Å². The van der Waals surface area contributed by atoms with Crippen LogP contribution < -0.4 is 5.32 Å². The van der Waals surface area contributed by atoms with Gasteiger partial charge >= 0.3 is 0 Å². The Morgan fingerprint density at radius 1 is 1.12 bits per heavy atom. The average molecular weight is 363 g/mol. The second-order valence-corrected chi connectivity index (χ2v) is 6.51. The lowest BCUT2D eigenvalue weighted by molar-refractivity contribution is 0.416. The van der Waals surface area contributed by atoms with Crippen LogP contribution in [0.1, 0.15) is 29.6 Å². The van der Waals surface area contributed by atoms with Gasteiger partial charge in [-0.3, -0.25) is 0 Å². The summed E-state index contributed by atoms with van der Waals surface area (Å²) in [5.41, 5.74) is 1.48. The molecule has 1 aromatic heterocycles. The smallest absolute Gasteiger partial charge is 0.222 e. The van der Waals surface area contributed by atoms with Gasteiger partial charge in [0.1, 0.15) is 12.1 Å². The third kappa shape index (κ3) is 2.64. The van der Waals surface area contributed by atoms with Crippen molar-refractivity contribution in [1.29, 1.82) is 0 Å². The molecule has 0 spiro atoms. The summed E-state index contributed by atoms with van der Waals surface area (Å²) in [6, 6.07) is 11.9. The van der Waals surface area contributed by atoms with Crippen LogP contribution in [-0.2, 0) is 0 Å². The van der Waals surface area contributed by atoms with E-state index in [1.165, 1.54) is 12.4 Å². The standard InChI is InChI=1S/C17H13Cl2FN4/c18-11-6-4-10(5-7-11)14-8-15(24-17(23-14)21-9-22-24)16-12(19)2-1-3-13(16)20/h1-7,9,14-15H,8H2,(H,21,22,23)/t14-,15?/m0/s1. The molecule has 1 unspecified atom stereocenters. The number of hydrogen-bond acceptors (Lipinski definition) is 3. The molecule has 0 radical (unpaired) electrons. The fraction of sp³-hybridized carbons (Fsp3) is 0.176. The minimum Gasteiger partial charge on any atom is -0.348 e. The first-order valence-electron chi connectivity index (χ1n) is 7.49. The SMILES string of the molecule is Fc1cccc(Cl)c1C1C[C@@H](c2ccc(Cl)cc2)Nc2ncnn21. The topological polar surface area (TPSA) is 42.7 Å². The molecule has 4 rings (SSSR count). The molecule has 24 heavy (non-hydrogen) atoms. The van der Waals surface area contributed by atoms with E-state index < -0.39 is 0 Å². The van der Waals surface area contributed by atoms with Crippen LogP contribution in [0, 0.1) is 5.82 Å². The Hall–Kier alpha value is -2.11. The Labute approximate surface area is 148 Å². The lowest BCUT2D eigenvalue weighted by Crippen LogP contribution is -2.28. The average Bonchev–Trinajstić information content (AvgIpc) is 3.04. The fourth-order valence-electron chi connectivity index (χ4n) is 3.10. The van der Waals surface area contributed by atoms with Crippen LogP contribution in [0.5, 0.6) is 0 Å². The maximum absolute atomic E-state index is 14.4. The van der Waals surface area contributed by atoms with Gasteiger partial charge in [-0.2, -0.15) is 10.1 Å². The number of aromatic nitrogens is 3. The van der Waals surface area contributed by atoms with Crippen molar-refractivity contribution < 1.29 is 4.39 Å². The zero-order valence-electron chi connectivity index (χ0n) is 12.5. The Morgan fingerprint density at radius 2 is 1.92 bits per heavy atom. The molecular formula is C17H13Cl2FN4. The highest BCUT2D eigenvalue weighted by molar-refractivity contribution is 6.31. The first-order valence-corrected chi connectivity index (χ1v) is 8.24. The summed E-state index contributed by atoms with van der Waals surface area (Å²) >= 11 is 12.2. The molecule has 1 N–H and O–H groups in total. The molecule has 7 heteroatoms. The molecule has 3 aromatic rings. The maximum atomic E-state index is 14.4. The number of fused-ring (bicyclic) bond motifs is 1. The quantitative estimate of drug-likeness (QED) is 0.706. The van der Waals surface area contributed by atoms with Gasteiger partial charge < -0.3 is 5.32 Å². The van der Waals surface area contributed by atoms with Gasteiger partial charge in [0.15, 0.2) is 0 Å². The van der Waals surface area contributed by atoms with Gasteiger partial charge in [-0.15, -0.1) is 0 Å². The molecule has 0 aliphatic carbocycles. The first kappa shape index (κ1) is 15.4. The van der Waals surface area contributed by atoms with Crippen molar-refractivity contribution in [3.8, 4) is 0 Å². The summed E-state index contributed by atoms with van der Waals surface area (Å²) in [5.74, 6) is 0.247. The summed E-state index contributed by atoms with van der Waals surface area (Å²) in [4.78, 5) is 4.23. The number of nitrogens with zero attached hydrogens (tertiary/aromatic N) is 3. The maximum Gasteiger partial charge on any atom is 0.222 e. The van der Waals surface area contributed by atoms with Gasteiger partial charge in [0.05, 0.1) is 12.1 Å². The lowest BCUT2D eigenvalue weighted by atomic mass is 9.93. The molecule has 1 aliphatic heterocycles. The van der Waals surface area contributed by atoms with E-state index in [2.05, 4.69) is 15.4 Å². The molecule has 0 amide bonds. The van der Waals surface area contributed by atoms with E-state index in [4.69, 9.17) is 23.2 Å². The minimum atomic E-state index is -0.342. The minimum absolute atomic E-state index is 0.0420. The number of benzene rings is 2. The third-order valence-corrected chi connectivity index (χ3v) is 4.82. The molecule has 1 aliphatic rings. The predicted octanol–water partition coefficient (Wildman–Crippen LogP) is 4.87. The Morgan fingerprint density at radius 3 is 2.67 bits per heavy atom. The molecule has 0 fully saturated rings. The van der Waals surface area contributed by atoms with Gasteiger partial charge in [0.25, 0.3) is 0 Å². The van der Waals surface area contributed by atoms with Crippen molar-refractivity contribution in [2.75, 3.05) is 5.32 Å². The molecular weight excluding hydrogens is 350 g/mol. The van der Waals surface area contributed by atoms with Gasteiger partial charge in [-0.05, 0) is 36.2 Å². The zero-order chi connectivity index (χ0) is 16.7. The molecule has 122 valence electrons. The molecule has 2 atom stereocenters. The first-order chi connectivity index (χ1) is 11.6. The number of rotatable bonds is 2. The highest BCUT2D eigenvalue weighted by Gasteiger charge is 2.32. The largest absolute Gasteiger partial charge is 0.348 e. The zero-order valence-corrected chi connectivity index (χ0v) is 14.0. The van der Waals surface area contributed by atoms with E-state index >= 15 is 0 Å². The van der Waals surface area contributed by atoms with Crippen molar-refractivity contribution in [1.82, 2.24) is 14.8 Å². The summed E-state index contributed by atoms with van der Waals surface area (Å²) in [7, 11) is 0. The number of hydrogen-bond donors (Lipinski definition) is 1. The van der Waals surface area contributed by atoms with E-state index in [-0.39, 0.29) is 17.9 Å². The van der Waals surface area contributed by atoms with Crippen LogP contribution in [-0.4, -0.2) is 14.8 Å². The molecule has 4 nitrogen and oxygen atoms in total. The van der Waals surface area contributed by atoms with E-state index in [0.29, 0.717) is 28.0 Å². The van der Waals surface area contributed by atoms with Crippen molar-refractivity contribution >= 4 is 29.2 Å². The van der Waals surface area contributed by atoms with Gasteiger partial charge in [0, 0.05) is 15.6 Å². The van der Waals surface area contributed by atoms with Crippen LogP contribution in [0.25, 0.3) is 0 Å². The van der Waals surface area contributed by atoms with Gasteiger partial charge in [0.2, 0.25) is 5.95 Å². The van der Waals surface area contributed by atoms with Crippen molar-refractivity contribution in [2.24, 2.45) is 0 Å². The van der Waals surface area contributed by atoms with E-state index in [1.807, 2.05) is 24.3 Å². The second kappa shape index (κ2) is 6.07. The van der Waals surface area contributed by atoms with E-state index in [9.17, 15) is 4.39 Å². The summed E-state index contributed by atoms with van der Waals surface area (Å²) in [6.45, 7) is 0. The lowest BCUT2D eigenvalue weighted by Gasteiger charge is -2.32. The summed E-state index contributed by atoms with van der Waals surface area (Å²) < 4.78 is 16.1. The highest BCUT2D eigenvalue weighted by atomic mass is 35.5. The normalized spacial score (nSPS) is 19.6. The van der Waals surface area contributed by atoms with Gasteiger partial charge in [-0.25, -0.2) is 9.07 Å². The number of anilines is 1. The summed E-state index contributed by atoms with van der Waals surface area (Å²) in [5, 5.41) is 8.63. The van der Waals surface area contributed by atoms with Crippen LogP contribution in [0.15, 0.2) is 48.8 Å². The van der Waals surface area contributed by atoms with Gasteiger partial charge in [-0.1, -0.05) is 41.4 Å². The molecule has 0 saturated carbocycles. The van der Waals surface area contributed by atoms with Crippen LogP contribution >= 0.6 is 23.2 Å². The Balaban J connectivity index is 1.78. The van der Waals surface area contributed by atoms with Crippen LogP contribution in [0.2, 0.25) is 10.0 Å². The fourth-order valence-corrected chi connectivity index (χ4v) is 3.52. The Kier molecular flexibility index (Phi) is 3.90.